The molecule has 4 nitrogen and oxygen atoms in total. The molecule has 0 amide bonds. The monoisotopic (exact) mass is 228 g/mol. The first-order chi connectivity index (χ1) is 7.32. The Kier molecular flexibility index (Phi) is 10.5. The fraction of sp³-hybridized carbons (Fsp3) is 0.500. The molecular weight excluding hydrogens is 208 g/mol. The van der Waals surface area contributed by atoms with Gasteiger partial charge in [-0.1, -0.05) is 32.4 Å². The van der Waals surface area contributed by atoms with Gasteiger partial charge in [0.05, 0.1) is 0 Å². The summed E-state index contributed by atoms with van der Waals surface area (Å²) in [7, 11) is 0. The summed E-state index contributed by atoms with van der Waals surface area (Å²) in [6.45, 7) is 8.31. The van der Waals surface area contributed by atoms with Gasteiger partial charge in [-0.25, -0.2) is 9.59 Å². The average molecular weight is 228 g/mol. The Labute approximate surface area is 96.3 Å². The van der Waals surface area contributed by atoms with Crippen LogP contribution in [0.5, 0.6) is 0 Å². The van der Waals surface area contributed by atoms with Gasteiger partial charge in [-0.15, -0.1) is 0 Å². The second kappa shape index (κ2) is 9.96. The van der Waals surface area contributed by atoms with Crippen molar-refractivity contribution < 1.29 is 19.8 Å². The molecule has 0 saturated heterocycles. The quantitative estimate of drug-likeness (QED) is 0.560. The lowest BCUT2D eigenvalue weighted by atomic mass is 10.2. The third-order valence-corrected chi connectivity index (χ3v) is 1.71. The molecule has 16 heavy (non-hydrogen) atoms. The van der Waals surface area contributed by atoms with Crippen molar-refractivity contribution in [3.8, 4) is 0 Å². The van der Waals surface area contributed by atoms with E-state index in [1.807, 2.05) is 0 Å². The molecule has 0 atom stereocenters. The Hall–Kier alpha value is -1.58. The summed E-state index contributed by atoms with van der Waals surface area (Å²) in [5.74, 6) is -1.74. The summed E-state index contributed by atoms with van der Waals surface area (Å²) < 4.78 is 0. The second-order valence-electron chi connectivity index (χ2n) is 3.42. The molecular formula is C12H20O4. The molecule has 0 heterocycles. The van der Waals surface area contributed by atoms with Crippen LogP contribution < -0.4 is 0 Å². The predicted octanol–water partition coefficient (Wildman–Crippen LogP) is 2.85. The largest absolute Gasteiger partial charge is 0.478 e. The van der Waals surface area contributed by atoms with Crippen molar-refractivity contribution in [3.63, 3.8) is 0 Å². The Bertz CT molecular complexity index is 265. The van der Waals surface area contributed by atoms with Gasteiger partial charge in [0.25, 0.3) is 0 Å². The zero-order chi connectivity index (χ0) is 13.1. The van der Waals surface area contributed by atoms with Gasteiger partial charge in [-0.05, 0) is 20.3 Å². The highest BCUT2D eigenvalue weighted by atomic mass is 16.4. The van der Waals surface area contributed by atoms with Gasteiger partial charge in [-0.3, -0.25) is 0 Å². The maximum Gasteiger partial charge on any atom is 0.330 e. The van der Waals surface area contributed by atoms with Gasteiger partial charge >= 0.3 is 11.9 Å². The summed E-state index contributed by atoms with van der Waals surface area (Å²) in [6, 6.07) is 0. The first-order valence-corrected chi connectivity index (χ1v) is 5.11. The predicted molar refractivity (Wildman–Crippen MR) is 63.4 cm³/mol. The van der Waals surface area contributed by atoms with Gasteiger partial charge < -0.3 is 10.2 Å². The Morgan fingerprint density at radius 2 is 1.62 bits per heavy atom. The normalized spacial score (nSPS) is 10.1. The Balaban J connectivity index is 0. The van der Waals surface area contributed by atoms with Crippen LogP contribution in [0.25, 0.3) is 0 Å². The van der Waals surface area contributed by atoms with E-state index in [1.165, 1.54) is 6.92 Å². The molecule has 92 valence electrons. The summed E-state index contributed by atoms with van der Waals surface area (Å²) in [4.78, 5) is 19.8. The van der Waals surface area contributed by atoms with E-state index in [2.05, 4.69) is 13.5 Å². The lowest BCUT2D eigenvalue weighted by Crippen LogP contribution is -1.95. The van der Waals surface area contributed by atoms with Crippen LogP contribution in [0.1, 0.15) is 40.0 Å². The van der Waals surface area contributed by atoms with Crippen LogP contribution in [-0.4, -0.2) is 22.2 Å². The minimum Gasteiger partial charge on any atom is -0.478 e. The highest BCUT2D eigenvalue weighted by Gasteiger charge is 1.96. The summed E-state index contributed by atoms with van der Waals surface area (Å²) in [5, 5.41) is 16.3. The zero-order valence-corrected chi connectivity index (χ0v) is 10.1. The average Bonchev–Trinajstić information content (AvgIpc) is 2.18. The zero-order valence-electron chi connectivity index (χ0n) is 10.1. The molecule has 0 rings (SSSR count). The fourth-order valence-corrected chi connectivity index (χ4v) is 0.610. The van der Waals surface area contributed by atoms with Crippen molar-refractivity contribution in [3.05, 3.63) is 23.8 Å². The smallest absolute Gasteiger partial charge is 0.330 e. The molecule has 0 fully saturated rings. The summed E-state index contributed by atoms with van der Waals surface area (Å²) in [6.07, 6.45) is 4.84. The minimum atomic E-state index is -0.935. The molecule has 0 aliphatic carbocycles. The number of carbonyl (C=O) groups is 2. The van der Waals surface area contributed by atoms with Crippen LogP contribution in [0.3, 0.4) is 0 Å². The van der Waals surface area contributed by atoms with Crippen LogP contribution in [-0.2, 0) is 9.59 Å². The molecule has 0 bridgehead atoms. The lowest BCUT2D eigenvalue weighted by molar-refractivity contribution is -0.133. The van der Waals surface area contributed by atoms with E-state index in [-0.39, 0.29) is 5.57 Å². The van der Waals surface area contributed by atoms with E-state index in [9.17, 15) is 9.59 Å². The summed E-state index contributed by atoms with van der Waals surface area (Å²) in [5.41, 5.74) is 0.628. The van der Waals surface area contributed by atoms with E-state index < -0.39 is 11.9 Å². The fourth-order valence-electron chi connectivity index (χ4n) is 0.610. The van der Waals surface area contributed by atoms with E-state index in [0.717, 1.165) is 19.3 Å². The van der Waals surface area contributed by atoms with Crippen LogP contribution in [0.4, 0.5) is 0 Å². The van der Waals surface area contributed by atoms with E-state index in [0.29, 0.717) is 5.57 Å². The number of hydrogen-bond acceptors (Lipinski definition) is 2. The highest BCUT2D eigenvalue weighted by Crippen LogP contribution is 2.00. The number of aliphatic carboxylic acids is 2. The number of rotatable bonds is 5. The van der Waals surface area contributed by atoms with Crippen molar-refractivity contribution in [1.29, 1.82) is 0 Å². The first-order valence-electron chi connectivity index (χ1n) is 5.11. The number of hydrogen-bond donors (Lipinski definition) is 2. The van der Waals surface area contributed by atoms with Crippen molar-refractivity contribution in [2.45, 2.75) is 40.0 Å². The van der Waals surface area contributed by atoms with Crippen LogP contribution in [0.2, 0.25) is 0 Å². The first kappa shape index (κ1) is 16.8. The number of carboxylic acids is 2. The molecule has 0 aromatic rings. The molecule has 0 spiro atoms. The molecule has 0 aliphatic rings. The van der Waals surface area contributed by atoms with Crippen molar-refractivity contribution in [2.75, 3.05) is 0 Å². The molecule has 0 aromatic carbocycles. The van der Waals surface area contributed by atoms with Gasteiger partial charge in [0.1, 0.15) is 0 Å². The third kappa shape index (κ3) is 12.4. The molecule has 0 unspecified atom stereocenters. The van der Waals surface area contributed by atoms with Crippen LogP contribution in [0, 0.1) is 0 Å². The molecule has 0 aromatic heterocycles. The lowest BCUT2D eigenvalue weighted by Gasteiger charge is -1.91. The van der Waals surface area contributed by atoms with Gasteiger partial charge in [-0.2, -0.15) is 0 Å². The summed E-state index contributed by atoms with van der Waals surface area (Å²) >= 11 is 0. The van der Waals surface area contributed by atoms with Gasteiger partial charge in [0, 0.05) is 11.1 Å². The number of unbranched alkanes of at least 4 members (excludes halogenated alkanes) is 2. The Morgan fingerprint density at radius 1 is 1.19 bits per heavy atom. The molecule has 4 heteroatoms. The molecule has 0 saturated carbocycles. The SMILES string of the molecule is C=C(C)C(=O)O.CCCC/C=C(\C)C(=O)O. The van der Waals surface area contributed by atoms with Crippen molar-refractivity contribution >= 4 is 11.9 Å². The van der Waals surface area contributed by atoms with Gasteiger partial charge in [0.15, 0.2) is 0 Å². The maximum atomic E-state index is 10.2. The Morgan fingerprint density at radius 3 is 1.88 bits per heavy atom. The highest BCUT2D eigenvalue weighted by molar-refractivity contribution is 5.85. The maximum absolute atomic E-state index is 10.2. The topological polar surface area (TPSA) is 74.6 Å². The second-order valence-corrected chi connectivity index (χ2v) is 3.42. The van der Waals surface area contributed by atoms with Crippen LogP contribution in [0.15, 0.2) is 23.8 Å². The van der Waals surface area contributed by atoms with E-state index in [1.54, 1.807) is 13.0 Å². The number of carboxylic acid groups (broad SMARTS) is 2. The van der Waals surface area contributed by atoms with E-state index >= 15 is 0 Å². The third-order valence-electron chi connectivity index (χ3n) is 1.71. The minimum absolute atomic E-state index is 0.176. The van der Waals surface area contributed by atoms with Crippen LogP contribution >= 0.6 is 0 Å². The van der Waals surface area contributed by atoms with Gasteiger partial charge in [0.2, 0.25) is 0 Å². The molecule has 0 radical (unpaired) electrons. The molecule has 0 aliphatic heterocycles. The number of allylic oxidation sites excluding steroid dienone is 1. The standard InChI is InChI=1S/C8H14O2.C4H6O2/c1-3-4-5-6-7(2)8(9)10;1-3(2)4(5)6/h6H,3-5H2,1-2H3,(H,9,10);1H2,2H3,(H,5,6)/b7-6+;. The van der Waals surface area contributed by atoms with Crippen molar-refractivity contribution in [2.24, 2.45) is 0 Å². The molecule has 2 N–H and O–H groups in total. The van der Waals surface area contributed by atoms with E-state index in [4.69, 9.17) is 10.2 Å². The van der Waals surface area contributed by atoms with Crippen molar-refractivity contribution in [1.82, 2.24) is 0 Å².